The van der Waals surface area contributed by atoms with Gasteiger partial charge in [0.05, 0.1) is 30.9 Å². The lowest BCUT2D eigenvalue weighted by atomic mass is 9.82. The number of methoxy groups -OCH3 is 1. The van der Waals surface area contributed by atoms with Crippen LogP contribution in [0.2, 0.25) is 0 Å². The van der Waals surface area contributed by atoms with Gasteiger partial charge in [0, 0.05) is 30.0 Å². The summed E-state index contributed by atoms with van der Waals surface area (Å²) in [7, 11) is 1.61. The Morgan fingerprint density at radius 3 is 2.21 bits per heavy atom. The first-order valence-corrected chi connectivity index (χ1v) is 9.36. The molecular weight excluding hydrogens is 358 g/mol. The van der Waals surface area contributed by atoms with Gasteiger partial charge >= 0.3 is 0 Å². The van der Waals surface area contributed by atoms with Crippen molar-refractivity contribution in [2.75, 3.05) is 38.9 Å². The molecule has 148 valence electrons. The van der Waals surface area contributed by atoms with Gasteiger partial charge in [-0.15, -0.1) is 0 Å². The first kappa shape index (κ1) is 20.0. The predicted molar refractivity (Wildman–Crippen MR) is 107 cm³/mol. The maximum Gasteiger partial charge on any atom is 0.198 e. The topological polar surface area (TPSA) is 73.9 Å². The molecule has 0 aliphatic heterocycles. The van der Waals surface area contributed by atoms with Gasteiger partial charge in [-0.2, -0.15) is 0 Å². The standard InChI is InChI=1S/C22H25NO5/c1-14(2)23-17-8-4-6-15-19(17)21(24)16-7-5-9-18(20(16)22(15)25)28-13-12-27-11-10-26-3/h4-9,14,23H,10-13H2,1-3H3. The highest BCUT2D eigenvalue weighted by Gasteiger charge is 2.34. The van der Waals surface area contributed by atoms with E-state index in [4.69, 9.17) is 14.2 Å². The molecule has 0 bridgehead atoms. The molecule has 1 aliphatic rings. The van der Waals surface area contributed by atoms with E-state index < -0.39 is 0 Å². The molecule has 28 heavy (non-hydrogen) atoms. The summed E-state index contributed by atoms with van der Waals surface area (Å²) in [6, 6.07) is 10.6. The Labute approximate surface area is 164 Å². The van der Waals surface area contributed by atoms with Crippen molar-refractivity contribution in [1.29, 1.82) is 0 Å². The predicted octanol–water partition coefficient (Wildman–Crippen LogP) is 3.32. The van der Waals surface area contributed by atoms with Crippen LogP contribution in [-0.2, 0) is 9.47 Å². The molecule has 0 spiro atoms. The number of hydrogen-bond acceptors (Lipinski definition) is 6. The highest BCUT2D eigenvalue weighted by Crippen LogP contribution is 2.36. The molecule has 2 aromatic carbocycles. The molecule has 6 nitrogen and oxygen atoms in total. The number of anilines is 1. The zero-order chi connectivity index (χ0) is 20.1. The van der Waals surface area contributed by atoms with Crippen LogP contribution in [0.25, 0.3) is 0 Å². The number of nitrogens with one attached hydrogen (secondary N) is 1. The molecule has 0 fully saturated rings. The molecule has 1 aliphatic carbocycles. The molecule has 0 amide bonds. The highest BCUT2D eigenvalue weighted by atomic mass is 16.5. The highest BCUT2D eigenvalue weighted by molar-refractivity contribution is 6.31. The van der Waals surface area contributed by atoms with Gasteiger partial charge in [0.2, 0.25) is 0 Å². The normalized spacial score (nSPS) is 12.7. The van der Waals surface area contributed by atoms with Crippen molar-refractivity contribution >= 4 is 17.3 Å². The average molecular weight is 383 g/mol. The van der Waals surface area contributed by atoms with E-state index in [0.717, 1.165) is 0 Å². The van der Waals surface area contributed by atoms with Gasteiger partial charge in [-0.25, -0.2) is 0 Å². The van der Waals surface area contributed by atoms with Crippen molar-refractivity contribution < 1.29 is 23.8 Å². The SMILES string of the molecule is COCCOCCOc1cccc2c1C(=O)c1cccc(NC(C)C)c1C2=O. The third-order valence-electron chi connectivity index (χ3n) is 4.40. The van der Waals surface area contributed by atoms with Gasteiger partial charge in [-0.3, -0.25) is 9.59 Å². The average Bonchev–Trinajstić information content (AvgIpc) is 2.68. The first-order chi connectivity index (χ1) is 13.5. The van der Waals surface area contributed by atoms with Crippen molar-refractivity contribution in [3.05, 3.63) is 58.7 Å². The van der Waals surface area contributed by atoms with E-state index in [0.29, 0.717) is 53.5 Å². The molecule has 0 aromatic heterocycles. The number of ether oxygens (including phenoxy) is 3. The molecule has 0 atom stereocenters. The van der Waals surface area contributed by atoms with E-state index in [1.807, 2.05) is 19.9 Å². The van der Waals surface area contributed by atoms with Crippen molar-refractivity contribution in [3.8, 4) is 5.75 Å². The molecule has 6 heteroatoms. The fourth-order valence-electron chi connectivity index (χ4n) is 3.22. The maximum atomic E-state index is 13.2. The Hall–Kier alpha value is -2.70. The third kappa shape index (κ3) is 4.08. The number of hydrogen-bond donors (Lipinski definition) is 1. The Bertz CT molecular complexity index is 875. The Morgan fingerprint density at radius 2 is 1.50 bits per heavy atom. The van der Waals surface area contributed by atoms with Crippen LogP contribution in [-0.4, -0.2) is 51.1 Å². The molecule has 0 unspecified atom stereocenters. The van der Waals surface area contributed by atoms with Gasteiger partial charge in [-0.05, 0) is 26.0 Å². The molecule has 3 rings (SSSR count). The molecular formula is C22H25NO5. The van der Waals surface area contributed by atoms with Crippen LogP contribution in [0.3, 0.4) is 0 Å². The van der Waals surface area contributed by atoms with E-state index in [1.54, 1.807) is 37.4 Å². The van der Waals surface area contributed by atoms with Gasteiger partial charge in [-0.1, -0.05) is 24.3 Å². The van der Waals surface area contributed by atoms with E-state index in [9.17, 15) is 9.59 Å². The van der Waals surface area contributed by atoms with Crippen LogP contribution in [0.15, 0.2) is 36.4 Å². The lowest BCUT2D eigenvalue weighted by Crippen LogP contribution is -2.25. The second kappa shape index (κ2) is 8.99. The first-order valence-electron chi connectivity index (χ1n) is 9.36. The van der Waals surface area contributed by atoms with Crippen LogP contribution in [0.5, 0.6) is 5.75 Å². The molecule has 1 N–H and O–H groups in total. The van der Waals surface area contributed by atoms with Crippen LogP contribution < -0.4 is 10.1 Å². The summed E-state index contributed by atoms with van der Waals surface area (Å²) in [5.41, 5.74) is 2.19. The summed E-state index contributed by atoms with van der Waals surface area (Å²) in [4.78, 5) is 26.3. The maximum absolute atomic E-state index is 13.2. The fourth-order valence-corrected chi connectivity index (χ4v) is 3.22. The summed E-state index contributed by atoms with van der Waals surface area (Å²) < 4.78 is 16.1. The van der Waals surface area contributed by atoms with Gasteiger partial charge in [0.1, 0.15) is 12.4 Å². The number of benzene rings is 2. The van der Waals surface area contributed by atoms with Crippen LogP contribution in [0, 0.1) is 0 Å². The minimum Gasteiger partial charge on any atom is -0.490 e. The quantitative estimate of drug-likeness (QED) is 0.572. The fraction of sp³-hybridized carbons (Fsp3) is 0.364. The van der Waals surface area contributed by atoms with E-state index in [-0.39, 0.29) is 24.2 Å². The summed E-state index contributed by atoms with van der Waals surface area (Å²) >= 11 is 0. The third-order valence-corrected chi connectivity index (χ3v) is 4.40. The van der Waals surface area contributed by atoms with Gasteiger partial charge in [0.15, 0.2) is 11.6 Å². The summed E-state index contributed by atoms with van der Waals surface area (Å²) in [6.07, 6.45) is 0. The monoisotopic (exact) mass is 383 g/mol. The molecule has 0 saturated heterocycles. The minimum atomic E-state index is -0.201. The van der Waals surface area contributed by atoms with Crippen LogP contribution in [0.1, 0.15) is 45.7 Å². The van der Waals surface area contributed by atoms with Crippen LogP contribution >= 0.6 is 0 Å². The van der Waals surface area contributed by atoms with Crippen molar-refractivity contribution in [2.24, 2.45) is 0 Å². The number of ketones is 2. The second-order valence-corrected chi connectivity index (χ2v) is 6.82. The largest absolute Gasteiger partial charge is 0.490 e. The van der Waals surface area contributed by atoms with Gasteiger partial charge < -0.3 is 19.5 Å². The molecule has 0 radical (unpaired) electrons. The zero-order valence-corrected chi connectivity index (χ0v) is 16.4. The van der Waals surface area contributed by atoms with Crippen molar-refractivity contribution in [1.82, 2.24) is 0 Å². The molecule has 0 saturated carbocycles. The van der Waals surface area contributed by atoms with Crippen molar-refractivity contribution in [2.45, 2.75) is 19.9 Å². The summed E-state index contributed by atoms with van der Waals surface area (Å²) in [5, 5.41) is 3.26. The smallest absolute Gasteiger partial charge is 0.198 e. The molecule has 2 aromatic rings. The number of carbonyl (C=O) groups is 2. The molecule has 0 heterocycles. The van der Waals surface area contributed by atoms with E-state index in [2.05, 4.69) is 5.32 Å². The zero-order valence-electron chi connectivity index (χ0n) is 16.4. The summed E-state index contributed by atoms with van der Waals surface area (Å²) in [6.45, 7) is 5.62. The minimum absolute atomic E-state index is 0.142. The van der Waals surface area contributed by atoms with E-state index >= 15 is 0 Å². The number of rotatable bonds is 9. The van der Waals surface area contributed by atoms with Crippen molar-refractivity contribution in [3.63, 3.8) is 0 Å². The Morgan fingerprint density at radius 1 is 0.857 bits per heavy atom. The van der Waals surface area contributed by atoms with E-state index in [1.165, 1.54) is 0 Å². The Balaban J connectivity index is 1.87. The second-order valence-electron chi connectivity index (χ2n) is 6.82. The number of carbonyl (C=O) groups excluding carboxylic acids is 2. The lowest BCUT2D eigenvalue weighted by molar-refractivity contribution is 0.0542. The Kier molecular flexibility index (Phi) is 6.44. The number of fused-ring (bicyclic) bond motifs is 2. The van der Waals surface area contributed by atoms with Gasteiger partial charge in [0.25, 0.3) is 0 Å². The summed E-state index contributed by atoms with van der Waals surface area (Å²) in [5.74, 6) is 0.0297. The lowest BCUT2D eigenvalue weighted by Gasteiger charge is -2.23. The van der Waals surface area contributed by atoms with Crippen LogP contribution in [0.4, 0.5) is 5.69 Å².